The minimum Gasteiger partial charge on any atom is -0.381 e. The maximum absolute atomic E-state index is 5.99. The van der Waals surface area contributed by atoms with Gasteiger partial charge in [0.25, 0.3) is 0 Å². The summed E-state index contributed by atoms with van der Waals surface area (Å²) >= 11 is 0. The molecule has 18 heavy (non-hydrogen) atoms. The van der Waals surface area contributed by atoms with Gasteiger partial charge in [-0.2, -0.15) is 0 Å². The fourth-order valence-electron chi connectivity index (χ4n) is 3.30. The van der Waals surface area contributed by atoms with E-state index >= 15 is 0 Å². The minimum atomic E-state index is 0.319. The molecule has 1 aliphatic carbocycles. The van der Waals surface area contributed by atoms with Crippen LogP contribution in [0.15, 0.2) is 0 Å². The molecule has 1 rings (SSSR count). The molecule has 0 aromatic rings. The zero-order valence-electron chi connectivity index (χ0n) is 12.7. The van der Waals surface area contributed by atoms with E-state index in [1.165, 1.54) is 51.4 Å². The van der Waals surface area contributed by atoms with E-state index in [1.54, 1.807) is 0 Å². The van der Waals surface area contributed by atoms with Crippen molar-refractivity contribution in [3.63, 3.8) is 0 Å². The zero-order valence-corrected chi connectivity index (χ0v) is 12.7. The normalized spacial score (nSPS) is 27.8. The van der Waals surface area contributed by atoms with Crippen molar-refractivity contribution in [2.45, 2.75) is 78.2 Å². The molecule has 0 heterocycles. The van der Waals surface area contributed by atoms with Crippen molar-refractivity contribution in [1.29, 1.82) is 0 Å². The first kappa shape index (κ1) is 16.0. The second kappa shape index (κ2) is 8.92. The quantitative estimate of drug-likeness (QED) is 0.533. The summed E-state index contributed by atoms with van der Waals surface area (Å²) in [6.45, 7) is 9.05. The fourth-order valence-corrected chi connectivity index (χ4v) is 3.30. The third kappa shape index (κ3) is 4.55. The largest absolute Gasteiger partial charge is 0.381 e. The van der Waals surface area contributed by atoms with Crippen LogP contribution < -0.4 is 0 Å². The fraction of sp³-hybridized carbons (Fsp3) is 1.00. The highest BCUT2D eigenvalue weighted by atomic mass is 16.5. The zero-order chi connectivity index (χ0) is 13.3. The number of unbranched alkanes of at least 4 members (excludes halogenated alkanes) is 3. The highest BCUT2D eigenvalue weighted by Gasteiger charge is 2.43. The van der Waals surface area contributed by atoms with Crippen molar-refractivity contribution >= 4 is 0 Å². The van der Waals surface area contributed by atoms with Crippen LogP contribution in [0.4, 0.5) is 0 Å². The van der Waals surface area contributed by atoms with Crippen LogP contribution in [0.25, 0.3) is 0 Å². The van der Waals surface area contributed by atoms with Gasteiger partial charge in [-0.15, -0.1) is 0 Å². The molecule has 0 spiro atoms. The summed E-state index contributed by atoms with van der Waals surface area (Å²) < 4.78 is 11.8. The van der Waals surface area contributed by atoms with E-state index < -0.39 is 0 Å². The van der Waals surface area contributed by atoms with Crippen LogP contribution in [0.2, 0.25) is 0 Å². The highest BCUT2D eigenvalue weighted by molar-refractivity contribution is 4.93. The topological polar surface area (TPSA) is 18.5 Å². The second-order valence-corrected chi connectivity index (χ2v) is 5.65. The van der Waals surface area contributed by atoms with Crippen LogP contribution in [0, 0.1) is 5.41 Å². The Labute approximate surface area is 113 Å². The van der Waals surface area contributed by atoms with Gasteiger partial charge in [0.2, 0.25) is 0 Å². The minimum absolute atomic E-state index is 0.319. The molecule has 1 saturated carbocycles. The standard InChI is InChI=1S/C16H32O2/c1-4-7-8-9-12-16(14-17-5-2)13-10-11-15(16)18-6-3/h15H,4-14H2,1-3H3. The van der Waals surface area contributed by atoms with Gasteiger partial charge in [0, 0.05) is 18.6 Å². The maximum atomic E-state index is 5.99. The maximum Gasteiger partial charge on any atom is 0.0653 e. The Balaban J connectivity index is 2.50. The molecule has 0 aromatic heterocycles. The summed E-state index contributed by atoms with van der Waals surface area (Å²) in [4.78, 5) is 0. The number of hydrogen-bond donors (Lipinski definition) is 0. The summed E-state index contributed by atoms with van der Waals surface area (Å²) in [6, 6.07) is 0. The summed E-state index contributed by atoms with van der Waals surface area (Å²) in [6.07, 6.45) is 10.9. The number of ether oxygens (including phenoxy) is 2. The van der Waals surface area contributed by atoms with Crippen molar-refractivity contribution in [3.8, 4) is 0 Å². The molecule has 2 nitrogen and oxygen atoms in total. The van der Waals surface area contributed by atoms with Crippen molar-refractivity contribution in [2.24, 2.45) is 5.41 Å². The van der Waals surface area contributed by atoms with Crippen molar-refractivity contribution < 1.29 is 9.47 Å². The predicted molar refractivity (Wildman–Crippen MR) is 77.0 cm³/mol. The first-order valence-electron chi connectivity index (χ1n) is 7.98. The second-order valence-electron chi connectivity index (χ2n) is 5.65. The van der Waals surface area contributed by atoms with Gasteiger partial charge in [0.1, 0.15) is 0 Å². The molecule has 0 aromatic carbocycles. The summed E-state index contributed by atoms with van der Waals surface area (Å²) in [7, 11) is 0. The molecule has 0 amide bonds. The van der Waals surface area contributed by atoms with Crippen LogP contribution in [-0.4, -0.2) is 25.9 Å². The number of hydrogen-bond acceptors (Lipinski definition) is 2. The van der Waals surface area contributed by atoms with Gasteiger partial charge in [0.15, 0.2) is 0 Å². The Bertz CT molecular complexity index is 205. The Morgan fingerprint density at radius 3 is 2.56 bits per heavy atom. The molecule has 2 unspecified atom stereocenters. The van der Waals surface area contributed by atoms with Crippen LogP contribution in [0.1, 0.15) is 72.1 Å². The monoisotopic (exact) mass is 256 g/mol. The molecular weight excluding hydrogens is 224 g/mol. The molecule has 2 atom stereocenters. The van der Waals surface area contributed by atoms with Gasteiger partial charge in [-0.25, -0.2) is 0 Å². The molecule has 0 N–H and O–H groups in total. The first-order chi connectivity index (χ1) is 8.79. The molecule has 1 fully saturated rings. The van der Waals surface area contributed by atoms with E-state index in [9.17, 15) is 0 Å². The lowest BCUT2D eigenvalue weighted by atomic mass is 9.79. The van der Waals surface area contributed by atoms with Gasteiger partial charge >= 0.3 is 0 Å². The molecule has 0 saturated heterocycles. The van der Waals surface area contributed by atoms with Crippen LogP contribution in [0.3, 0.4) is 0 Å². The third-order valence-corrected chi connectivity index (χ3v) is 4.31. The average Bonchev–Trinajstić information content (AvgIpc) is 2.77. The summed E-state index contributed by atoms with van der Waals surface area (Å²) in [5.74, 6) is 0. The van der Waals surface area contributed by atoms with E-state index in [1.807, 2.05) is 0 Å². The Hall–Kier alpha value is -0.0800. The molecule has 1 aliphatic rings. The lowest BCUT2D eigenvalue weighted by molar-refractivity contribution is -0.0646. The lowest BCUT2D eigenvalue weighted by Crippen LogP contribution is -2.37. The van der Waals surface area contributed by atoms with Gasteiger partial charge < -0.3 is 9.47 Å². The lowest BCUT2D eigenvalue weighted by Gasteiger charge is -2.35. The molecule has 108 valence electrons. The van der Waals surface area contributed by atoms with Crippen molar-refractivity contribution in [1.82, 2.24) is 0 Å². The van der Waals surface area contributed by atoms with Gasteiger partial charge in [-0.1, -0.05) is 39.0 Å². The van der Waals surface area contributed by atoms with E-state index in [2.05, 4.69) is 20.8 Å². The average molecular weight is 256 g/mol. The van der Waals surface area contributed by atoms with Crippen LogP contribution >= 0.6 is 0 Å². The van der Waals surface area contributed by atoms with E-state index in [0.717, 1.165) is 19.8 Å². The SMILES string of the molecule is CCCCCCC1(COCC)CCCC1OCC. The molecule has 0 bridgehead atoms. The third-order valence-electron chi connectivity index (χ3n) is 4.31. The Kier molecular flexibility index (Phi) is 7.92. The molecule has 2 heteroatoms. The molecular formula is C16H32O2. The molecule has 0 radical (unpaired) electrons. The van der Waals surface area contributed by atoms with Gasteiger partial charge in [-0.05, 0) is 33.1 Å². The highest BCUT2D eigenvalue weighted by Crippen LogP contribution is 2.44. The van der Waals surface area contributed by atoms with Crippen molar-refractivity contribution in [2.75, 3.05) is 19.8 Å². The Morgan fingerprint density at radius 2 is 1.89 bits per heavy atom. The van der Waals surface area contributed by atoms with Gasteiger partial charge in [-0.3, -0.25) is 0 Å². The summed E-state index contributed by atoms with van der Waals surface area (Å²) in [5.41, 5.74) is 0.319. The van der Waals surface area contributed by atoms with Gasteiger partial charge in [0.05, 0.1) is 12.7 Å². The molecule has 0 aliphatic heterocycles. The van der Waals surface area contributed by atoms with Crippen molar-refractivity contribution in [3.05, 3.63) is 0 Å². The number of rotatable bonds is 10. The van der Waals surface area contributed by atoms with E-state index in [-0.39, 0.29) is 0 Å². The first-order valence-corrected chi connectivity index (χ1v) is 7.98. The summed E-state index contributed by atoms with van der Waals surface area (Å²) in [5, 5.41) is 0. The van der Waals surface area contributed by atoms with E-state index in [4.69, 9.17) is 9.47 Å². The van der Waals surface area contributed by atoms with E-state index in [0.29, 0.717) is 11.5 Å². The smallest absolute Gasteiger partial charge is 0.0653 e. The Morgan fingerprint density at radius 1 is 1.06 bits per heavy atom. The van der Waals surface area contributed by atoms with Crippen LogP contribution in [-0.2, 0) is 9.47 Å². The van der Waals surface area contributed by atoms with Crippen LogP contribution in [0.5, 0.6) is 0 Å². The predicted octanol–water partition coefficient (Wildman–Crippen LogP) is 4.57.